The zero-order valence-electron chi connectivity index (χ0n) is 12.6. The van der Waals surface area contributed by atoms with E-state index in [1.54, 1.807) is 11.3 Å². The van der Waals surface area contributed by atoms with Gasteiger partial charge in [-0.25, -0.2) is 9.97 Å². The third-order valence-electron chi connectivity index (χ3n) is 3.82. The third kappa shape index (κ3) is 3.22. The van der Waals surface area contributed by atoms with Crippen LogP contribution in [0, 0.1) is 6.92 Å². The monoisotopic (exact) mass is 321 g/mol. The number of hydrogen-bond acceptors (Lipinski definition) is 4. The van der Waals surface area contributed by atoms with Crippen LogP contribution in [0.5, 0.6) is 0 Å². The highest BCUT2D eigenvalue weighted by Crippen LogP contribution is 2.40. The number of hydrogen-bond donors (Lipinski definition) is 0. The van der Waals surface area contributed by atoms with E-state index in [4.69, 9.17) is 16.6 Å². The standard InChI is InChI=1S/C16H20ClN3S/c1-10(2)20(9-13-5-4-8-21-13)16-11(3)14(17)18-15(19-16)12-6-7-12/h4-5,8,10,12H,6-7,9H2,1-3H3. The number of rotatable bonds is 5. The Kier molecular flexibility index (Phi) is 4.18. The summed E-state index contributed by atoms with van der Waals surface area (Å²) in [6, 6.07) is 4.62. The zero-order chi connectivity index (χ0) is 15.0. The van der Waals surface area contributed by atoms with Gasteiger partial charge < -0.3 is 4.90 Å². The Bertz CT molecular complexity index is 621. The second-order valence-electron chi connectivity index (χ2n) is 5.90. The van der Waals surface area contributed by atoms with Crippen molar-refractivity contribution in [2.75, 3.05) is 4.90 Å². The Morgan fingerprint density at radius 1 is 1.38 bits per heavy atom. The van der Waals surface area contributed by atoms with E-state index < -0.39 is 0 Å². The van der Waals surface area contributed by atoms with Crippen molar-refractivity contribution in [3.05, 3.63) is 38.9 Å². The van der Waals surface area contributed by atoms with Gasteiger partial charge >= 0.3 is 0 Å². The third-order valence-corrected chi connectivity index (χ3v) is 5.05. The van der Waals surface area contributed by atoms with Crippen LogP contribution in [0.3, 0.4) is 0 Å². The Hall–Kier alpha value is -1.13. The molecule has 0 bridgehead atoms. The van der Waals surface area contributed by atoms with Gasteiger partial charge in [0.05, 0.1) is 6.54 Å². The molecule has 0 aliphatic heterocycles. The summed E-state index contributed by atoms with van der Waals surface area (Å²) in [6.07, 6.45) is 2.37. The molecule has 1 saturated carbocycles. The molecular formula is C16H20ClN3S. The summed E-state index contributed by atoms with van der Waals surface area (Å²) in [7, 11) is 0. The molecule has 3 nitrogen and oxygen atoms in total. The quantitative estimate of drug-likeness (QED) is 0.741. The Balaban J connectivity index is 1.97. The van der Waals surface area contributed by atoms with Crippen molar-refractivity contribution >= 4 is 28.8 Å². The molecule has 112 valence electrons. The summed E-state index contributed by atoms with van der Waals surface area (Å²) >= 11 is 8.12. The maximum Gasteiger partial charge on any atom is 0.137 e. The maximum atomic E-state index is 6.35. The van der Waals surface area contributed by atoms with Crippen LogP contribution in [0.15, 0.2) is 17.5 Å². The summed E-state index contributed by atoms with van der Waals surface area (Å²) in [5.41, 5.74) is 0.978. The minimum Gasteiger partial charge on any atom is -0.349 e. The molecule has 0 amide bonds. The molecule has 1 fully saturated rings. The van der Waals surface area contributed by atoms with E-state index in [1.807, 2.05) is 6.92 Å². The summed E-state index contributed by atoms with van der Waals surface area (Å²) in [5.74, 6) is 2.41. The predicted octanol–water partition coefficient (Wildman–Crippen LogP) is 4.79. The van der Waals surface area contributed by atoms with Crippen LogP contribution in [0.25, 0.3) is 0 Å². The van der Waals surface area contributed by atoms with Crippen LogP contribution in [0.4, 0.5) is 5.82 Å². The van der Waals surface area contributed by atoms with E-state index in [0.29, 0.717) is 17.1 Å². The summed E-state index contributed by atoms with van der Waals surface area (Å²) < 4.78 is 0. The van der Waals surface area contributed by atoms with E-state index in [9.17, 15) is 0 Å². The van der Waals surface area contributed by atoms with Crippen molar-refractivity contribution in [3.8, 4) is 0 Å². The normalized spacial score (nSPS) is 14.7. The van der Waals surface area contributed by atoms with Crippen molar-refractivity contribution in [2.24, 2.45) is 0 Å². The molecule has 0 atom stereocenters. The van der Waals surface area contributed by atoms with E-state index in [-0.39, 0.29) is 0 Å². The number of nitrogens with zero attached hydrogens (tertiary/aromatic N) is 3. The molecule has 1 aliphatic carbocycles. The van der Waals surface area contributed by atoms with E-state index in [0.717, 1.165) is 23.8 Å². The van der Waals surface area contributed by atoms with Crippen LogP contribution in [0.1, 0.15) is 48.9 Å². The van der Waals surface area contributed by atoms with Crippen LogP contribution in [0.2, 0.25) is 5.15 Å². The van der Waals surface area contributed by atoms with Crippen molar-refractivity contribution in [1.29, 1.82) is 0 Å². The zero-order valence-corrected chi connectivity index (χ0v) is 14.2. The van der Waals surface area contributed by atoms with Crippen LogP contribution in [-0.4, -0.2) is 16.0 Å². The molecule has 2 aromatic rings. The minimum atomic E-state index is 0.365. The Morgan fingerprint density at radius 3 is 2.71 bits per heavy atom. The van der Waals surface area contributed by atoms with Crippen molar-refractivity contribution in [1.82, 2.24) is 9.97 Å². The lowest BCUT2D eigenvalue weighted by molar-refractivity contribution is 0.669. The smallest absolute Gasteiger partial charge is 0.137 e. The van der Waals surface area contributed by atoms with E-state index in [1.165, 1.54) is 17.7 Å². The molecule has 0 unspecified atom stereocenters. The molecule has 2 aromatic heterocycles. The van der Waals surface area contributed by atoms with Crippen molar-refractivity contribution in [2.45, 2.75) is 52.1 Å². The van der Waals surface area contributed by atoms with Crippen LogP contribution in [-0.2, 0) is 6.54 Å². The van der Waals surface area contributed by atoms with Gasteiger partial charge in [-0.15, -0.1) is 11.3 Å². The molecule has 0 saturated heterocycles. The largest absolute Gasteiger partial charge is 0.349 e. The SMILES string of the molecule is Cc1c(Cl)nc(C2CC2)nc1N(Cc1cccs1)C(C)C. The van der Waals surface area contributed by atoms with Gasteiger partial charge in [-0.1, -0.05) is 17.7 Å². The van der Waals surface area contributed by atoms with Crippen LogP contribution < -0.4 is 4.90 Å². The Labute approximate surface area is 135 Å². The van der Waals surface area contributed by atoms with Crippen LogP contribution >= 0.6 is 22.9 Å². The second kappa shape index (κ2) is 5.93. The first kappa shape index (κ1) is 14.8. The molecular weight excluding hydrogens is 302 g/mol. The average Bonchev–Trinajstić information content (AvgIpc) is 3.17. The molecule has 3 rings (SSSR count). The summed E-state index contributed by atoms with van der Waals surface area (Å²) in [6.45, 7) is 7.27. The molecule has 2 heterocycles. The fraction of sp³-hybridized carbons (Fsp3) is 0.500. The topological polar surface area (TPSA) is 29.0 Å². The van der Waals surface area contributed by atoms with Gasteiger partial charge in [0.15, 0.2) is 0 Å². The minimum absolute atomic E-state index is 0.365. The van der Waals surface area contributed by atoms with Gasteiger partial charge in [-0.3, -0.25) is 0 Å². The van der Waals surface area contributed by atoms with Crippen molar-refractivity contribution in [3.63, 3.8) is 0 Å². The molecule has 21 heavy (non-hydrogen) atoms. The first-order valence-corrected chi connectivity index (χ1v) is 8.65. The highest BCUT2D eigenvalue weighted by Gasteiger charge is 2.29. The number of thiophene rings is 1. The second-order valence-corrected chi connectivity index (χ2v) is 7.29. The average molecular weight is 322 g/mol. The van der Waals surface area contributed by atoms with Gasteiger partial charge in [0.1, 0.15) is 16.8 Å². The highest BCUT2D eigenvalue weighted by molar-refractivity contribution is 7.09. The summed E-state index contributed by atoms with van der Waals surface area (Å²) in [4.78, 5) is 13.0. The van der Waals surface area contributed by atoms with Gasteiger partial charge in [0.2, 0.25) is 0 Å². The number of aromatic nitrogens is 2. The molecule has 0 aromatic carbocycles. The van der Waals surface area contributed by atoms with E-state index in [2.05, 4.69) is 41.2 Å². The number of halogens is 1. The molecule has 0 radical (unpaired) electrons. The lowest BCUT2D eigenvalue weighted by atomic mass is 10.2. The first-order chi connectivity index (χ1) is 10.1. The van der Waals surface area contributed by atoms with Gasteiger partial charge in [-0.05, 0) is 45.1 Å². The maximum absolute atomic E-state index is 6.35. The van der Waals surface area contributed by atoms with Gasteiger partial charge in [0.25, 0.3) is 0 Å². The highest BCUT2D eigenvalue weighted by atomic mass is 35.5. The molecule has 5 heteroatoms. The Morgan fingerprint density at radius 2 is 2.14 bits per heavy atom. The lowest BCUT2D eigenvalue weighted by Gasteiger charge is -2.29. The fourth-order valence-electron chi connectivity index (χ4n) is 2.37. The van der Waals surface area contributed by atoms with Gasteiger partial charge in [0, 0.05) is 22.4 Å². The number of anilines is 1. The van der Waals surface area contributed by atoms with Crippen molar-refractivity contribution < 1.29 is 0 Å². The molecule has 0 spiro atoms. The fourth-order valence-corrected chi connectivity index (χ4v) is 3.24. The molecule has 0 N–H and O–H groups in total. The predicted molar refractivity (Wildman–Crippen MR) is 89.4 cm³/mol. The summed E-state index contributed by atoms with van der Waals surface area (Å²) in [5, 5.41) is 2.71. The first-order valence-electron chi connectivity index (χ1n) is 7.39. The molecule has 1 aliphatic rings. The van der Waals surface area contributed by atoms with Gasteiger partial charge in [-0.2, -0.15) is 0 Å². The van der Waals surface area contributed by atoms with E-state index >= 15 is 0 Å². The lowest BCUT2D eigenvalue weighted by Crippen LogP contribution is -2.31.